The maximum absolute atomic E-state index is 13.1. The van der Waals surface area contributed by atoms with E-state index in [1.807, 2.05) is 78.9 Å². The van der Waals surface area contributed by atoms with Crippen LogP contribution in [0.1, 0.15) is 29.5 Å². The van der Waals surface area contributed by atoms with Crippen LogP contribution >= 0.6 is 0 Å². The molecule has 0 aliphatic carbocycles. The lowest BCUT2D eigenvalue weighted by molar-refractivity contribution is -0.155. The van der Waals surface area contributed by atoms with E-state index in [2.05, 4.69) is 5.32 Å². The highest BCUT2D eigenvalue weighted by molar-refractivity contribution is 5.89. The molecule has 0 radical (unpaired) electrons. The highest BCUT2D eigenvalue weighted by Crippen LogP contribution is 2.44. The van der Waals surface area contributed by atoms with Crippen LogP contribution < -0.4 is 10.1 Å². The van der Waals surface area contributed by atoms with E-state index in [-0.39, 0.29) is 5.91 Å². The maximum Gasteiger partial charge on any atom is 0.318 e. The van der Waals surface area contributed by atoms with E-state index < -0.39 is 18.0 Å². The van der Waals surface area contributed by atoms with Crippen molar-refractivity contribution in [3.8, 4) is 11.5 Å². The van der Waals surface area contributed by atoms with Crippen molar-refractivity contribution in [2.45, 2.75) is 25.4 Å². The molecule has 152 valence electrons. The lowest BCUT2D eigenvalue weighted by atomic mass is 9.88. The van der Waals surface area contributed by atoms with Gasteiger partial charge in [0.25, 0.3) is 5.91 Å². The second kappa shape index (κ2) is 8.82. The Morgan fingerprint density at radius 1 is 0.900 bits per heavy atom. The van der Waals surface area contributed by atoms with Crippen LogP contribution in [0.25, 0.3) is 0 Å². The number of hydrogen-bond donors (Lipinski definition) is 1. The predicted octanol–water partition coefficient (Wildman–Crippen LogP) is 4.21. The van der Waals surface area contributed by atoms with Crippen molar-refractivity contribution in [1.29, 1.82) is 0 Å². The van der Waals surface area contributed by atoms with E-state index in [1.165, 1.54) is 0 Å². The third-order valence-electron chi connectivity index (χ3n) is 5.13. The predicted molar refractivity (Wildman–Crippen MR) is 114 cm³/mol. The summed E-state index contributed by atoms with van der Waals surface area (Å²) in [6.45, 7) is 2.07. The van der Waals surface area contributed by atoms with Crippen LogP contribution in [0.3, 0.4) is 0 Å². The molecule has 0 saturated heterocycles. The number of ether oxygens (including phenoxy) is 2. The van der Waals surface area contributed by atoms with E-state index in [4.69, 9.17) is 9.47 Å². The molecule has 1 aliphatic rings. The molecule has 1 aliphatic heterocycles. The largest absolute Gasteiger partial charge is 0.457 e. The smallest absolute Gasteiger partial charge is 0.318 e. The minimum atomic E-state index is -0.893. The van der Waals surface area contributed by atoms with Gasteiger partial charge in [-0.2, -0.15) is 0 Å². The molecule has 1 amide bonds. The zero-order valence-electron chi connectivity index (χ0n) is 16.7. The number of fused-ring (bicyclic) bond motifs is 2. The minimum absolute atomic E-state index is 0.312. The summed E-state index contributed by atoms with van der Waals surface area (Å²) >= 11 is 0. The molecule has 3 aromatic carbocycles. The van der Waals surface area contributed by atoms with Gasteiger partial charge in [-0.25, -0.2) is 0 Å². The Hall–Kier alpha value is -3.60. The summed E-state index contributed by atoms with van der Waals surface area (Å²) in [7, 11) is 0. The number of para-hydroxylation sites is 2. The molecule has 1 atom stereocenters. The van der Waals surface area contributed by atoms with Crippen LogP contribution in [0.15, 0.2) is 78.9 Å². The lowest BCUT2D eigenvalue weighted by Gasteiger charge is -2.27. The van der Waals surface area contributed by atoms with Gasteiger partial charge in [-0.05, 0) is 31.0 Å². The molecule has 5 heteroatoms. The standard InChI is InChI=1S/C25H23NO4/c1-17(24(27)26-16-15-18-9-3-2-4-10-18)29-25(28)23-19-11-5-7-13-21(19)30-22-14-8-6-12-20(22)23/h2-14,17,23H,15-16H2,1H3,(H,26,27). The molecule has 0 aromatic heterocycles. The van der Waals surface area contributed by atoms with Gasteiger partial charge in [0, 0.05) is 17.7 Å². The molecular formula is C25H23NO4. The SMILES string of the molecule is CC(OC(=O)C1c2ccccc2Oc2ccccc21)C(=O)NCCc1ccccc1. The van der Waals surface area contributed by atoms with Gasteiger partial charge in [0.15, 0.2) is 6.10 Å². The van der Waals surface area contributed by atoms with Crippen molar-refractivity contribution in [1.82, 2.24) is 5.32 Å². The molecule has 5 nitrogen and oxygen atoms in total. The molecule has 4 rings (SSSR count). The monoisotopic (exact) mass is 401 g/mol. The summed E-state index contributed by atoms with van der Waals surface area (Å²) in [5.74, 6) is -0.168. The van der Waals surface area contributed by atoms with Gasteiger partial charge in [-0.1, -0.05) is 66.7 Å². The topological polar surface area (TPSA) is 64.6 Å². The summed E-state index contributed by atoms with van der Waals surface area (Å²) in [6, 6.07) is 24.7. The normalized spacial score (nSPS) is 13.4. The number of amides is 1. The molecule has 0 saturated carbocycles. The second-order valence-corrected chi connectivity index (χ2v) is 7.22. The Balaban J connectivity index is 1.43. The van der Waals surface area contributed by atoms with E-state index in [1.54, 1.807) is 6.92 Å². The van der Waals surface area contributed by atoms with Gasteiger partial charge in [0.2, 0.25) is 0 Å². The van der Waals surface area contributed by atoms with Crippen LogP contribution in [0.5, 0.6) is 11.5 Å². The van der Waals surface area contributed by atoms with Crippen molar-refractivity contribution < 1.29 is 19.1 Å². The zero-order valence-corrected chi connectivity index (χ0v) is 16.7. The Morgan fingerprint density at radius 3 is 2.10 bits per heavy atom. The fourth-order valence-corrected chi connectivity index (χ4v) is 3.58. The van der Waals surface area contributed by atoms with Crippen LogP contribution in [-0.2, 0) is 20.7 Å². The van der Waals surface area contributed by atoms with E-state index in [0.29, 0.717) is 24.5 Å². The van der Waals surface area contributed by atoms with Crippen LogP contribution in [-0.4, -0.2) is 24.5 Å². The number of rotatable bonds is 6. The van der Waals surface area contributed by atoms with Gasteiger partial charge in [-0.15, -0.1) is 0 Å². The fraction of sp³-hybridized carbons (Fsp3) is 0.200. The van der Waals surface area contributed by atoms with Crippen molar-refractivity contribution >= 4 is 11.9 Å². The molecule has 3 aromatic rings. The highest BCUT2D eigenvalue weighted by atomic mass is 16.5. The summed E-state index contributed by atoms with van der Waals surface area (Å²) in [6.07, 6.45) is -0.177. The number of benzene rings is 3. The second-order valence-electron chi connectivity index (χ2n) is 7.22. The average molecular weight is 401 g/mol. The van der Waals surface area contributed by atoms with Crippen LogP contribution in [0.2, 0.25) is 0 Å². The first kappa shape index (κ1) is 19.7. The van der Waals surface area contributed by atoms with Crippen molar-refractivity contribution in [3.63, 3.8) is 0 Å². The summed E-state index contributed by atoms with van der Waals surface area (Å²) in [5, 5.41) is 2.84. The molecule has 0 fully saturated rings. The van der Waals surface area contributed by atoms with Gasteiger partial charge in [0.05, 0.1) is 0 Å². The van der Waals surface area contributed by atoms with Gasteiger partial charge >= 0.3 is 5.97 Å². The summed E-state index contributed by atoms with van der Waals surface area (Å²) < 4.78 is 11.5. The van der Waals surface area contributed by atoms with E-state index >= 15 is 0 Å². The number of hydrogen-bond acceptors (Lipinski definition) is 4. The molecule has 1 N–H and O–H groups in total. The first-order valence-corrected chi connectivity index (χ1v) is 10.0. The molecular weight excluding hydrogens is 378 g/mol. The number of carbonyl (C=O) groups excluding carboxylic acids is 2. The Kier molecular flexibility index (Phi) is 5.80. The average Bonchev–Trinajstić information content (AvgIpc) is 2.77. The molecule has 0 spiro atoms. The minimum Gasteiger partial charge on any atom is -0.457 e. The summed E-state index contributed by atoms with van der Waals surface area (Å²) in [4.78, 5) is 25.5. The van der Waals surface area contributed by atoms with Gasteiger partial charge in [-0.3, -0.25) is 9.59 Å². The molecule has 30 heavy (non-hydrogen) atoms. The van der Waals surface area contributed by atoms with E-state index in [0.717, 1.165) is 16.7 Å². The number of nitrogens with one attached hydrogen (secondary N) is 1. The van der Waals surface area contributed by atoms with E-state index in [9.17, 15) is 9.59 Å². The van der Waals surface area contributed by atoms with Gasteiger partial charge in [0.1, 0.15) is 17.4 Å². The molecule has 0 bridgehead atoms. The first-order chi connectivity index (χ1) is 14.6. The van der Waals surface area contributed by atoms with Crippen LogP contribution in [0, 0.1) is 0 Å². The van der Waals surface area contributed by atoms with Crippen molar-refractivity contribution in [2.75, 3.05) is 6.54 Å². The third kappa shape index (κ3) is 4.20. The fourth-order valence-electron chi connectivity index (χ4n) is 3.58. The summed E-state index contributed by atoms with van der Waals surface area (Å²) in [5.41, 5.74) is 2.61. The Bertz CT molecular complexity index is 1000. The zero-order chi connectivity index (χ0) is 20.9. The quantitative estimate of drug-likeness (QED) is 0.629. The lowest BCUT2D eigenvalue weighted by Crippen LogP contribution is -2.38. The van der Waals surface area contributed by atoms with Crippen LogP contribution in [0.4, 0.5) is 0 Å². The Labute approximate surface area is 175 Å². The molecule has 1 heterocycles. The number of esters is 1. The first-order valence-electron chi connectivity index (χ1n) is 10.0. The van der Waals surface area contributed by atoms with Gasteiger partial charge < -0.3 is 14.8 Å². The number of carbonyl (C=O) groups is 2. The van der Waals surface area contributed by atoms with Crippen molar-refractivity contribution in [2.24, 2.45) is 0 Å². The molecule has 1 unspecified atom stereocenters. The third-order valence-corrected chi connectivity index (χ3v) is 5.13. The van der Waals surface area contributed by atoms with Crippen molar-refractivity contribution in [3.05, 3.63) is 95.6 Å². The highest BCUT2D eigenvalue weighted by Gasteiger charge is 2.35. The maximum atomic E-state index is 13.1. The Morgan fingerprint density at radius 2 is 1.47 bits per heavy atom.